The van der Waals surface area contributed by atoms with E-state index >= 15 is 0 Å². The largest absolute Gasteiger partial charge is 0.372 e. The molecule has 4 heteroatoms. The van der Waals surface area contributed by atoms with E-state index in [1.807, 2.05) is 33.0 Å². The van der Waals surface area contributed by atoms with Gasteiger partial charge in [-0.1, -0.05) is 6.07 Å². The van der Waals surface area contributed by atoms with Crippen molar-refractivity contribution in [3.05, 3.63) is 29.6 Å². The van der Waals surface area contributed by atoms with Gasteiger partial charge in [-0.3, -0.25) is 0 Å². The first kappa shape index (κ1) is 13.3. The molecular formula is C14H21FN2O. The van der Waals surface area contributed by atoms with E-state index < -0.39 is 0 Å². The van der Waals surface area contributed by atoms with Gasteiger partial charge in [0.15, 0.2) is 0 Å². The molecule has 1 fully saturated rings. The van der Waals surface area contributed by atoms with Gasteiger partial charge in [-0.25, -0.2) is 4.39 Å². The van der Waals surface area contributed by atoms with Gasteiger partial charge >= 0.3 is 0 Å². The van der Waals surface area contributed by atoms with E-state index in [0.29, 0.717) is 12.2 Å². The zero-order valence-electron chi connectivity index (χ0n) is 11.2. The Hall–Kier alpha value is -1.13. The Kier molecular flexibility index (Phi) is 4.19. The minimum absolute atomic E-state index is 0.144. The fourth-order valence-corrected chi connectivity index (χ4v) is 2.50. The van der Waals surface area contributed by atoms with Crippen LogP contribution in [0.3, 0.4) is 0 Å². The molecule has 3 nitrogen and oxygen atoms in total. The number of benzene rings is 1. The highest BCUT2D eigenvalue weighted by molar-refractivity contribution is 5.49. The summed E-state index contributed by atoms with van der Waals surface area (Å²) in [5, 5.41) is 3.02. The van der Waals surface area contributed by atoms with Gasteiger partial charge in [0.05, 0.1) is 17.9 Å². The van der Waals surface area contributed by atoms with Crippen LogP contribution >= 0.6 is 0 Å². The molecule has 18 heavy (non-hydrogen) atoms. The third-order valence-corrected chi connectivity index (χ3v) is 3.15. The summed E-state index contributed by atoms with van der Waals surface area (Å²) in [5.41, 5.74) is 1.64. The summed E-state index contributed by atoms with van der Waals surface area (Å²) in [5.74, 6) is -0.149. The smallest absolute Gasteiger partial charge is 0.146 e. The molecule has 2 unspecified atom stereocenters. The maximum atomic E-state index is 14.1. The summed E-state index contributed by atoms with van der Waals surface area (Å²) < 4.78 is 19.8. The van der Waals surface area contributed by atoms with Crippen molar-refractivity contribution in [3.8, 4) is 0 Å². The molecule has 2 atom stereocenters. The van der Waals surface area contributed by atoms with Crippen LogP contribution in [0.2, 0.25) is 0 Å². The van der Waals surface area contributed by atoms with E-state index in [-0.39, 0.29) is 18.0 Å². The summed E-state index contributed by atoms with van der Waals surface area (Å²) in [4.78, 5) is 2.07. The maximum Gasteiger partial charge on any atom is 0.146 e. The normalized spacial score (nSPS) is 24.3. The lowest BCUT2D eigenvalue weighted by molar-refractivity contribution is -0.00539. The SMILES string of the molecule is CNCc1ccc(N2CC(C)OC(C)C2)c(F)c1. The van der Waals surface area contributed by atoms with E-state index in [9.17, 15) is 4.39 Å². The van der Waals surface area contributed by atoms with Crippen molar-refractivity contribution < 1.29 is 9.13 Å². The maximum absolute atomic E-state index is 14.1. The fraction of sp³-hybridized carbons (Fsp3) is 0.571. The first-order valence-corrected chi connectivity index (χ1v) is 6.43. The predicted octanol–water partition coefficient (Wildman–Crippen LogP) is 2.16. The molecule has 1 aliphatic heterocycles. The number of rotatable bonds is 3. The molecule has 1 aromatic carbocycles. The number of nitrogens with zero attached hydrogens (tertiary/aromatic N) is 1. The summed E-state index contributed by atoms with van der Waals surface area (Å²) in [6.07, 6.45) is 0.287. The van der Waals surface area contributed by atoms with Crippen molar-refractivity contribution in [2.24, 2.45) is 0 Å². The van der Waals surface area contributed by atoms with E-state index in [2.05, 4.69) is 10.2 Å². The lowest BCUT2D eigenvalue weighted by Gasteiger charge is -2.37. The lowest BCUT2D eigenvalue weighted by atomic mass is 10.1. The molecule has 1 N–H and O–H groups in total. The van der Waals surface area contributed by atoms with Crippen molar-refractivity contribution in [2.45, 2.75) is 32.6 Å². The van der Waals surface area contributed by atoms with Gasteiger partial charge in [-0.2, -0.15) is 0 Å². The molecule has 1 aliphatic rings. The minimum Gasteiger partial charge on any atom is -0.372 e. The van der Waals surface area contributed by atoms with Gasteiger partial charge in [0.1, 0.15) is 5.82 Å². The van der Waals surface area contributed by atoms with Crippen LogP contribution in [-0.4, -0.2) is 32.3 Å². The van der Waals surface area contributed by atoms with Crippen LogP contribution in [0.15, 0.2) is 18.2 Å². The monoisotopic (exact) mass is 252 g/mol. The van der Waals surface area contributed by atoms with Gasteiger partial charge < -0.3 is 15.0 Å². The number of anilines is 1. The van der Waals surface area contributed by atoms with Crippen LogP contribution in [0.4, 0.5) is 10.1 Å². The summed E-state index contributed by atoms with van der Waals surface area (Å²) in [6.45, 7) is 6.22. The standard InChI is InChI=1S/C14H21FN2O/c1-10-8-17(9-11(2)18-10)14-5-4-12(7-16-3)6-13(14)15/h4-6,10-11,16H,7-9H2,1-3H3. The second kappa shape index (κ2) is 5.67. The van der Waals surface area contributed by atoms with Crippen LogP contribution in [0.1, 0.15) is 19.4 Å². The highest BCUT2D eigenvalue weighted by Crippen LogP contribution is 2.24. The number of morpholine rings is 1. The first-order chi connectivity index (χ1) is 8.60. The average molecular weight is 252 g/mol. The Morgan fingerprint density at radius 2 is 2.00 bits per heavy atom. The molecule has 0 radical (unpaired) electrons. The van der Waals surface area contributed by atoms with Crippen LogP contribution in [0.25, 0.3) is 0 Å². The van der Waals surface area contributed by atoms with Crippen molar-refractivity contribution in [3.63, 3.8) is 0 Å². The third-order valence-electron chi connectivity index (χ3n) is 3.15. The van der Waals surface area contributed by atoms with Gasteiger partial charge in [0.2, 0.25) is 0 Å². The Morgan fingerprint density at radius 1 is 1.33 bits per heavy atom. The first-order valence-electron chi connectivity index (χ1n) is 6.43. The van der Waals surface area contributed by atoms with Crippen LogP contribution in [-0.2, 0) is 11.3 Å². The zero-order valence-corrected chi connectivity index (χ0v) is 11.2. The summed E-state index contributed by atoms with van der Waals surface area (Å²) in [6, 6.07) is 5.45. The molecule has 0 aromatic heterocycles. The van der Waals surface area contributed by atoms with Crippen molar-refractivity contribution in [1.82, 2.24) is 5.32 Å². The van der Waals surface area contributed by atoms with Crippen molar-refractivity contribution in [1.29, 1.82) is 0 Å². The molecule has 0 spiro atoms. The van der Waals surface area contributed by atoms with E-state index in [1.54, 1.807) is 6.07 Å². The Bertz CT molecular complexity index is 401. The predicted molar refractivity (Wildman–Crippen MR) is 71.4 cm³/mol. The van der Waals surface area contributed by atoms with Crippen LogP contribution < -0.4 is 10.2 Å². The van der Waals surface area contributed by atoms with Crippen molar-refractivity contribution in [2.75, 3.05) is 25.0 Å². The van der Waals surface area contributed by atoms with Crippen LogP contribution in [0.5, 0.6) is 0 Å². The molecular weight excluding hydrogens is 231 g/mol. The second-order valence-corrected chi connectivity index (χ2v) is 4.98. The van der Waals surface area contributed by atoms with Gasteiger partial charge in [-0.15, -0.1) is 0 Å². The molecule has 0 amide bonds. The van der Waals surface area contributed by atoms with E-state index in [1.165, 1.54) is 0 Å². The van der Waals surface area contributed by atoms with Gasteiger partial charge in [0, 0.05) is 19.6 Å². The molecule has 0 saturated carbocycles. The average Bonchev–Trinajstić information content (AvgIpc) is 2.28. The number of ether oxygens (including phenoxy) is 1. The molecule has 0 aliphatic carbocycles. The summed E-state index contributed by atoms with van der Waals surface area (Å²) in [7, 11) is 1.86. The Balaban J connectivity index is 2.17. The minimum atomic E-state index is -0.149. The number of halogens is 1. The van der Waals surface area contributed by atoms with Gasteiger partial charge in [0.25, 0.3) is 0 Å². The van der Waals surface area contributed by atoms with Crippen LogP contribution in [0, 0.1) is 5.82 Å². The Morgan fingerprint density at radius 3 is 2.56 bits per heavy atom. The lowest BCUT2D eigenvalue weighted by Crippen LogP contribution is -2.45. The molecule has 1 aromatic rings. The molecule has 0 bridgehead atoms. The van der Waals surface area contributed by atoms with E-state index in [0.717, 1.165) is 18.7 Å². The molecule has 1 heterocycles. The summed E-state index contributed by atoms with van der Waals surface area (Å²) >= 11 is 0. The fourth-order valence-electron chi connectivity index (χ4n) is 2.50. The Labute approximate surface area is 108 Å². The topological polar surface area (TPSA) is 24.5 Å². The number of hydrogen-bond donors (Lipinski definition) is 1. The highest BCUT2D eigenvalue weighted by atomic mass is 19.1. The molecule has 1 saturated heterocycles. The highest BCUT2D eigenvalue weighted by Gasteiger charge is 2.24. The second-order valence-electron chi connectivity index (χ2n) is 4.98. The molecule has 100 valence electrons. The molecule has 2 rings (SSSR count). The van der Waals surface area contributed by atoms with Gasteiger partial charge in [-0.05, 0) is 38.6 Å². The number of hydrogen-bond acceptors (Lipinski definition) is 3. The van der Waals surface area contributed by atoms with Crippen molar-refractivity contribution >= 4 is 5.69 Å². The quantitative estimate of drug-likeness (QED) is 0.892. The van der Waals surface area contributed by atoms with E-state index in [4.69, 9.17) is 4.74 Å². The zero-order chi connectivity index (χ0) is 13.1. The third kappa shape index (κ3) is 3.00. The number of nitrogens with one attached hydrogen (secondary N) is 1.